The van der Waals surface area contributed by atoms with Crippen molar-refractivity contribution in [1.82, 2.24) is 0 Å². The maximum atomic E-state index is 11.3. The average molecular weight is 242 g/mol. The van der Waals surface area contributed by atoms with Gasteiger partial charge in [-0.1, -0.05) is 37.9 Å². The van der Waals surface area contributed by atoms with Crippen LogP contribution in [0.1, 0.15) is 27.2 Å². The molecule has 1 atom stereocenters. The minimum atomic E-state index is -0.444. The number of hydrogen-bond donors (Lipinski definition) is 1. The monoisotopic (exact) mass is 242 g/mol. The van der Waals surface area contributed by atoms with Crippen LogP contribution < -0.4 is 5.73 Å². The Hall–Kier alpha value is -1.58. The molecule has 1 rings (SSSR count). The molecule has 1 unspecified atom stereocenters. The fourth-order valence-corrected chi connectivity index (χ4v) is 1.51. The highest BCUT2D eigenvalue weighted by atomic mass is 16.1. The van der Waals surface area contributed by atoms with Crippen LogP contribution in [0.4, 0.5) is 0 Å². The average Bonchev–Trinajstić information content (AvgIpc) is 2.35. The molecule has 0 heterocycles. The first-order valence-corrected chi connectivity index (χ1v) is 6.16. The molecule has 0 fully saturated rings. The lowest BCUT2D eigenvalue weighted by molar-refractivity contribution is -0.114. The molecule has 0 saturated heterocycles. The highest BCUT2D eigenvalue weighted by Gasteiger charge is 2.13. The van der Waals surface area contributed by atoms with Gasteiger partial charge in [0.15, 0.2) is 0 Å². The van der Waals surface area contributed by atoms with Gasteiger partial charge >= 0.3 is 0 Å². The van der Waals surface area contributed by atoms with Gasteiger partial charge in [-0.15, -0.1) is 0 Å². The van der Waals surface area contributed by atoms with Crippen LogP contribution >= 0.6 is 0 Å². The van der Waals surface area contributed by atoms with Crippen LogP contribution in [-0.4, -0.2) is 26.0 Å². The quantitative estimate of drug-likeness (QED) is 0.594. The lowest BCUT2D eigenvalue weighted by Gasteiger charge is -2.13. The zero-order valence-corrected chi connectivity index (χ0v) is 11.2. The van der Waals surface area contributed by atoms with Gasteiger partial charge in [0.2, 0.25) is 5.91 Å². The van der Waals surface area contributed by atoms with Crippen molar-refractivity contribution in [3.05, 3.63) is 34.8 Å². The van der Waals surface area contributed by atoms with E-state index in [1.165, 1.54) is 0 Å². The Bertz CT molecular complexity index is 458. The second-order valence-electron chi connectivity index (χ2n) is 4.62. The van der Waals surface area contributed by atoms with E-state index >= 15 is 0 Å². The predicted octanol–water partition coefficient (Wildman–Crippen LogP) is 1.90. The van der Waals surface area contributed by atoms with Crippen LogP contribution in [0.15, 0.2) is 39.8 Å². The van der Waals surface area contributed by atoms with Crippen LogP contribution in [0, 0.1) is 5.92 Å². The summed E-state index contributed by atoms with van der Waals surface area (Å²) >= 11 is 0. The summed E-state index contributed by atoms with van der Waals surface area (Å²) < 4.78 is 0. The van der Waals surface area contributed by atoms with Crippen molar-refractivity contribution in [2.45, 2.75) is 27.2 Å². The fraction of sp³-hybridized carbons (Fsp3) is 0.429. The molecule has 18 heavy (non-hydrogen) atoms. The first-order valence-electron chi connectivity index (χ1n) is 6.16. The van der Waals surface area contributed by atoms with Crippen molar-refractivity contribution in [3.63, 3.8) is 0 Å². The molecule has 1 aliphatic rings. The first kappa shape index (κ1) is 14.5. The number of allylic oxidation sites excluding steroid dienone is 5. The number of rotatable bonds is 4. The molecule has 1 amide bonds. The molecule has 0 spiro atoms. The summed E-state index contributed by atoms with van der Waals surface area (Å²) in [6, 6.07) is 0. The molecule has 94 valence electrons. The van der Waals surface area contributed by atoms with E-state index in [9.17, 15) is 4.79 Å². The second-order valence-corrected chi connectivity index (χ2v) is 4.62. The van der Waals surface area contributed by atoms with Crippen molar-refractivity contribution in [3.8, 4) is 0 Å². The van der Waals surface area contributed by atoms with Gasteiger partial charge in [0.05, 0.1) is 5.71 Å². The zero-order valence-electron chi connectivity index (χ0n) is 11.2. The molecule has 0 saturated carbocycles. The Balaban J connectivity index is 3.07. The number of primary amides is 1. The molecule has 4 heteroatoms. The van der Waals surface area contributed by atoms with E-state index in [0.29, 0.717) is 17.0 Å². The van der Waals surface area contributed by atoms with Gasteiger partial charge < -0.3 is 5.73 Å². The summed E-state index contributed by atoms with van der Waals surface area (Å²) in [4.78, 5) is 15.8. The third-order valence-corrected chi connectivity index (χ3v) is 3.06. The van der Waals surface area contributed by atoms with Gasteiger partial charge in [0.1, 0.15) is 7.85 Å². The predicted molar refractivity (Wildman–Crippen MR) is 76.6 cm³/mol. The van der Waals surface area contributed by atoms with Gasteiger partial charge in [0.25, 0.3) is 0 Å². The van der Waals surface area contributed by atoms with Crippen molar-refractivity contribution < 1.29 is 4.79 Å². The number of amides is 1. The van der Waals surface area contributed by atoms with Gasteiger partial charge in [0, 0.05) is 17.7 Å². The maximum absolute atomic E-state index is 11.3. The molecule has 2 N–H and O–H groups in total. The fourth-order valence-electron chi connectivity index (χ4n) is 1.51. The zero-order chi connectivity index (χ0) is 13.7. The maximum Gasteiger partial charge on any atom is 0.245 e. The van der Waals surface area contributed by atoms with E-state index in [0.717, 1.165) is 24.3 Å². The van der Waals surface area contributed by atoms with Gasteiger partial charge in [-0.25, -0.2) is 0 Å². The van der Waals surface area contributed by atoms with E-state index in [1.807, 2.05) is 6.08 Å². The number of nitrogens with zero attached hydrogens (tertiary/aromatic N) is 1. The second kappa shape index (κ2) is 6.38. The first-order chi connectivity index (χ1) is 8.45. The minimum absolute atomic E-state index is 0.444. The Labute approximate surface area is 110 Å². The molecule has 0 aromatic heterocycles. The molecule has 0 aromatic rings. The lowest BCUT2D eigenvalue weighted by Crippen LogP contribution is -2.17. The van der Waals surface area contributed by atoms with Crippen molar-refractivity contribution in [1.29, 1.82) is 0 Å². The highest BCUT2D eigenvalue weighted by Crippen LogP contribution is 2.17. The molecule has 0 aliphatic heterocycles. The van der Waals surface area contributed by atoms with E-state index in [1.54, 1.807) is 19.1 Å². The van der Waals surface area contributed by atoms with E-state index < -0.39 is 5.91 Å². The van der Waals surface area contributed by atoms with E-state index in [-0.39, 0.29) is 0 Å². The van der Waals surface area contributed by atoms with Crippen molar-refractivity contribution in [2.75, 3.05) is 6.54 Å². The molecule has 3 nitrogen and oxygen atoms in total. The van der Waals surface area contributed by atoms with Crippen LogP contribution in [0.5, 0.6) is 0 Å². The van der Waals surface area contributed by atoms with Gasteiger partial charge in [-0.05, 0) is 18.9 Å². The number of nitrogens with two attached hydrogens (primary N) is 1. The molecule has 2 radical (unpaired) electrons. The number of aliphatic imine (C=N–C) groups is 1. The van der Waals surface area contributed by atoms with Gasteiger partial charge in [-0.3, -0.25) is 9.79 Å². The molecular formula is C14H19BN2O. The van der Waals surface area contributed by atoms with Crippen LogP contribution in [0.3, 0.4) is 0 Å². The Morgan fingerprint density at radius 1 is 1.50 bits per heavy atom. The van der Waals surface area contributed by atoms with Crippen LogP contribution in [-0.2, 0) is 4.79 Å². The van der Waals surface area contributed by atoms with Crippen LogP contribution in [0.2, 0.25) is 0 Å². The summed E-state index contributed by atoms with van der Waals surface area (Å²) in [5, 5.41) is 0. The number of hydrogen-bond acceptors (Lipinski definition) is 2. The molecule has 0 aromatic carbocycles. The van der Waals surface area contributed by atoms with E-state index in [2.05, 4.69) is 18.8 Å². The Morgan fingerprint density at radius 2 is 2.17 bits per heavy atom. The Morgan fingerprint density at radius 3 is 2.72 bits per heavy atom. The normalized spacial score (nSPS) is 21.7. The van der Waals surface area contributed by atoms with Crippen LogP contribution in [0.25, 0.3) is 0 Å². The van der Waals surface area contributed by atoms with Crippen molar-refractivity contribution in [2.24, 2.45) is 16.6 Å². The minimum Gasteiger partial charge on any atom is -0.366 e. The molecule has 0 bridgehead atoms. The summed E-state index contributed by atoms with van der Waals surface area (Å²) in [6.07, 6.45) is 6.44. The summed E-state index contributed by atoms with van der Waals surface area (Å²) in [5.74, 6) is 0.0740. The topological polar surface area (TPSA) is 55.5 Å². The Kier molecular flexibility index (Phi) is 5.14. The summed E-state index contributed by atoms with van der Waals surface area (Å²) in [6.45, 7) is 6.70. The molecular weight excluding hydrogens is 223 g/mol. The highest BCUT2D eigenvalue weighted by molar-refractivity contribution is 6.27. The third kappa shape index (κ3) is 3.72. The summed E-state index contributed by atoms with van der Waals surface area (Å²) in [5.41, 5.74) is 7.91. The standard InChI is InChI=1S/C14H19BN2O/c1-4-9(2)8-17-13-6-5-11(15)7-12(13)10(3)14(16)18/h5-7,9H,4,8H2,1-3H3,(H2,16,18)/b12-10+,17-13?. The largest absolute Gasteiger partial charge is 0.366 e. The molecule has 1 aliphatic carbocycles. The van der Waals surface area contributed by atoms with E-state index in [4.69, 9.17) is 13.6 Å². The van der Waals surface area contributed by atoms with Gasteiger partial charge in [-0.2, -0.15) is 0 Å². The van der Waals surface area contributed by atoms with Crippen molar-refractivity contribution >= 4 is 19.5 Å². The smallest absolute Gasteiger partial charge is 0.245 e. The third-order valence-electron chi connectivity index (χ3n) is 3.06. The number of carbonyl (C=O) groups is 1. The number of carbonyl (C=O) groups excluding carboxylic acids is 1. The summed E-state index contributed by atoms with van der Waals surface area (Å²) in [7, 11) is 5.74. The lowest BCUT2D eigenvalue weighted by atomic mass is 9.86. The SMILES string of the molecule is [B]C1=C/C(=C(/C)C(N)=O)C(=NCC(C)CC)C=C1.